The first-order valence-electron chi connectivity index (χ1n) is 7.36. The number of carbonyl (C=O) groups is 4. The molecule has 0 rings (SSSR count). The summed E-state index contributed by atoms with van der Waals surface area (Å²) in [5, 5.41) is 24.1. The van der Waals surface area contributed by atoms with Gasteiger partial charge in [0.15, 0.2) is 0 Å². The van der Waals surface area contributed by atoms with Gasteiger partial charge >= 0.3 is 23.9 Å². The van der Waals surface area contributed by atoms with Crippen LogP contribution in [0.1, 0.15) is 36.5 Å². The number of esters is 2. The summed E-state index contributed by atoms with van der Waals surface area (Å²) < 4.78 is 8.69. The summed E-state index contributed by atoms with van der Waals surface area (Å²) in [4.78, 5) is 40.1. The molecular weight excluding hydrogens is 360 g/mol. The third-order valence-corrected chi connectivity index (χ3v) is 2.09. The molecular formula is C18H34O9. The van der Waals surface area contributed by atoms with Gasteiger partial charge in [0.05, 0.1) is 40.1 Å². The maximum Gasteiger partial charge on any atom is 0.327 e. The quantitative estimate of drug-likeness (QED) is 0.320. The molecule has 9 heteroatoms. The summed E-state index contributed by atoms with van der Waals surface area (Å²) in [5.74, 6) is -2.65. The summed E-state index contributed by atoms with van der Waals surface area (Å²) in [6.07, 6.45) is 8.88. The lowest BCUT2D eigenvalue weighted by Crippen LogP contribution is -1.96. The molecule has 0 saturated carbocycles. The fourth-order valence-corrected chi connectivity index (χ4v) is 0.895. The first-order chi connectivity index (χ1) is 12.2. The lowest BCUT2D eigenvalue weighted by molar-refractivity contribution is -0.140. The van der Waals surface area contributed by atoms with Crippen molar-refractivity contribution in [1.82, 2.24) is 0 Å². The number of hydrogen-bond donors (Lipinski definition) is 3. The summed E-state index contributed by atoms with van der Waals surface area (Å²) in [5.41, 5.74) is 0. The van der Waals surface area contributed by atoms with Gasteiger partial charge in [-0.15, -0.1) is 0 Å². The van der Waals surface area contributed by atoms with Gasteiger partial charge in [0.1, 0.15) is 0 Å². The number of aliphatic hydroxyl groups is 1. The monoisotopic (exact) mass is 395 g/mol. The largest absolute Gasteiger partial charge is 0.481 e. The van der Waals surface area contributed by atoms with Gasteiger partial charge in [0.2, 0.25) is 0 Å². The number of carboxylic acids is 2. The zero-order valence-corrected chi connectivity index (χ0v) is 15.1. The molecule has 0 atom stereocenters. The molecule has 0 aliphatic carbocycles. The highest BCUT2D eigenvalue weighted by atomic mass is 16.5. The molecule has 0 fully saturated rings. The molecule has 0 aliphatic heterocycles. The summed E-state index contributed by atoms with van der Waals surface area (Å²) >= 11 is 0. The minimum Gasteiger partial charge on any atom is -0.481 e. The standard InChI is InChI=1S/C6H10O3.C6H10O2.C5H6O4.CH4.2H2/c1-9-6(8)4-2-3-5-7;1-3-4-5-6(7)8-2;6-4(7)2-1-3-5(8)9;;;/h2-3,7H,4-5H2,1H3;3-4H,5H2,1-2H3;1-2H,3H2,(H,6,7)(H,8,9);1H4;2*1H/b3-2+;4-3+;2-1+;;;/i;;;;1+1;. The van der Waals surface area contributed by atoms with Crippen LogP contribution in [0.2, 0.25) is 0 Å². The Bertz CT molecular complexity index is 502. The molecule has 0 radical (unpaired) electrons. The minimum absolute atomic E-state index is 0. The molecule has 9 nitrogen and oxygen atoms in total. The molecule has 0 aromatic rings. The second-order valence-corrected chi connectivity index (χ2v) is 4.12. The predicted octanol–water partition coefficient (Wildman–Crippen LogP) is 2.45. The minimum atomic E-state index is -1.13. The van der Waals surface area contributed by atoms with E-state index < -0.39 is 11.9 Å². The molecule has 0 amide bonds. The van der Waals surface area contributed by atoms with Crippen LogP contribution in [-0.2, 0) is 28.7 Å². The van der Waals surface area contributed by atoms with Gasteiger partial charge in [-0.1, -0.05) is 37.8 Å². The van der Waals surface area contributed by atoms with Gasteiger partial charge in [-0.2, -0.15) is 0 Å². The lowest BCUT2D eigenvalue weighted by Gasteiger charge is -1.90. The van der Waals surface area contributed by atoms with Gasteiger partial charge < -0.3 is 24.8 Å². The third-order valence-electron chi connectivity index (χ3n) is 2.09. The Morgan fingerprint density at radius 1 is 0.889 bits per heavy atom. The van der Waals surface area contributed by atoms with E-state index in [0.29, 0.717) is 6.42 Å². The molecule has 0 aliphatic rings. The van der Waals surface area contributed by atoms with E-state index in [0.717, 1.165) is 12.2 Å². The SMILES string of the molecule is C.C/C=C/CC(=O)OC.COC(=O)C/C=C/CO.O=C(O)/C=C/CC(=O)O.[2HH].[HH]. The van der Waals surface area contributed by atoms with E-state index in [1.54, 1.807) is 12.2 Å². The normalized spacial score (nSPS) is 9.48. The van der Waals surface area contributed by atoms with Crippen LogP contribution in [0.15, 0.2) is 36.5 Å². The van der Waals surface area contributed by atoms with Crippen LogP contribution < -0.4 is 0 Å². The molecule has 27 heavy (non-hydrogen) atoms. The van der Waals surface area contributed by atoms with Crippen molar-refractivity contribution < 1.29 is 46.8 Å². The number of methoxy groups -OCH3 is 2. The fraction of sp³-hybridized carbons (Fsp3) is 0.444. The molecule has 0 bridgehead atoms. The second-order valence-electron chi connectivity index (χ2n) is 4.12. The highest BCUT2D eigenvalue weighted by Crippen LogP contribution is 1.85. The molecule has 0 spiro atoms. The number of ether oxygens (including phenoxy) is 2. The average Bonchev–Trinajstić information content (AvgIpc) is 2.60. The van der Waals surface area contributed by atoms with Crippen molar-refractivity contribution in [2.24, 2.45) is 0 Å². The Kier molecular flexibility index (Phi) is 29.8. The highest BCUT2D eigenvalue weighted by molar-refractivity contribution is 5.81. The third kappa shape index (κ3) is 39.7. The van der Waals surface area contributed by atoms with Crippen LogP contribution in [0.5, 0.6) is 0 Å². The van der Waals surface area contributed by atoms with Crippen LogP contribution in [0.3, 0.4) is 0 Å². The first kappa shape index (κ1) is 31.8. The van der Waals surface area contributed by atoms with Gasteiger partial charge in [-0.25, -0.2) is 4.79 Å². The Labute approximate surface area is 162 Å². The number of aliphatic carboxylic acids is 2. The summed E-state index contributed by atoms with van der Waals surface area (Å²) in [6, 6.07) is 0. The van der Waals surface area contributed by atoms with Crippen molar-refractivity contribution in [2.75, 3.05) is 20.8 Å². The summed E-state index contributed by atoms with van der Waals surface area (Å²) in [7, 11) is 2.71. The number of rotatable bonds is 8. The highest BCUT2D eigenvalue weighted by Gasteiger charge is 1.92. The van der Waals surface area contributed by atoms with Crippen molar-refractivity contribution in [3.63, 3.8) is 0 Å². The smallest absolute Gasteiger partial charge is 0.327 e. The van der Waals surface area contributed by atoms with Gasteiger partial charge in [-0.3, -0.25) is 14.4 Å². The van der Waals surface area contributed by atoms with E-state index in [4.69, 9.17) is 15.3 Å². The van der Waals surface area contributed by atoms with Crippen LogP contribution in [0.25, 0.3) is 0 Å². The molecule has 3 N–H and O–H groups in total. The summed E-state index contributed by atoms with van der Waals surface area (Å²) in [6.45, 7) is 1.83. The van der Waals surface area contributed by atoms with E-state index in [1.807, 2.05) is 13.0 Å². The van der Waals surface area contributed by atoms with Gasteiger partial charge in [-0.05, 0) is 6.92 Å². The fourth-order valence-electron chi connectivity index (χ4n) is 0.895. The molecule has 0 saturated heterocycles. The van der Waals surface area contributed by atoms with Crippen molar-refractivity contribution in [3.8, 4) is 0 Å². The van der Waals surface area contributed by atoms with Crippen molar-refractivity contribution >= 4 is 23.9 Å². The van der Waals surface area contributed by atoms with Crippen LogP contribution in [0, 0.1) is 0 Å². The first-order valence-corrected chi connectivity index (χ1v) is 7.36. The van der Waals surface area contributed by atoms with E-state index in [2.05, 4.69) is 9.47 Å². The predicted molar refractivity (Wildman–Crippen MR) is 104 cm³/mol. The van der Waals surface area contributed by atoms with Crippen LogP contribution in [0.4, 0.5) is 0 Å². The van der Waals surface area contributed by atoms with Crippen molar-refractivity contribution in [2.45, 2.75) is 33.6 Å². The number of carboxylic acid groups (broad SMARTS) is 2. The Hall–Kier alpha value is -2.94. The van der Waals surface area contributed by atoms with E-state index in [9.17, 15) is 19.2 Å². The maximum atomic E-state index is 10.3. The Morgan fingerprint density at radius 2 is 1.37 bits per heavy atom. The van der Waals surface area contributed by atoms with Crippen molar-refractivity contribution in [1.29, 1.82) is 0 Å². The number of carbonyl (C=O) groups excluding carboxylic acids is 2. The maximum absolute atomic E-state index is 10.3. The van der Waals surface area contributed by atoms with Gasteiger partial charge in [0.25, 0.3) is 0 Å². The van der Waals surface area contributed by atoms with Crippen molar-refractivity contribution in [3.05, 3.63) is 36.5 Å². The van der Waals surface area contributed by atoms with Crippen LogP contribution >= 0.6 is 0 Å². The average molecular weight is 395 g/mol. The molecule has 0 unspecified atom stereocenters. The molecule has 0 heterocycles. The van der Waals surface area contributed by atoms with Crippen LogP contribution in [-0.4, -0.2) is 60.0 Å². The molecule has 0 aromatic heterocycles. The zero-order valence-electron chi connectivity index (χ0n) is 15.1. The Morgan fingerprint density at radius 3 is 1.70 bits per heavy atom. The van der Waals surface area contributed by atoms with Gasteiger partial charge in [0, 0.05) is 8.93 Å². The molecule has 0 aromatic carbocycles. The number of allylic oxidation sites excluding steroid dienone is 1. The number of aliphatic hydroxyl groups excluding tert-OH is 1. The Balaban J connectivity index is -0.0000000652. The molecule has 160 valence electrons. The van der Waals surface area contributed by atoms with E-state index >= 15 is 0 Å². The zero-order chi connectivity index (χ0) is 20.8. The second kappa shape index (κ2) is 25.3. The lowest BCUT2D eigenvalue weighted by atomic mass is 10.4. The topological polar surface area (TPSA) is 147 Å². The van der Waals surface area contributed by atoms with E-state index in [1.165, 1.54) is 20.3 Å². The number of hydrogen-bond acceptors (Lipinski definition) is 7. The van der Waals surface area contributed by atoms with E-state index in [-0.39, 0.29) is 41.7 Å².